The number of nitrogens with one attached hydrogen (secondary N) is 1. The van der Waals surface area contributed by atoms with Gasteiger partial charge in [0.1, 0.15) is 5.69 Å². The van der Waals surface area contributed by atoms with Crippen LogP contribution in [0.25, 0.3) is 11.5 Å². The second-order valence-electron chi connectivity index (χ2n) is 2.60. The number of rotatable bonds is 3. The molecule has 0 aromatic carbocycles. The van der Waals surface area contributed by atoms with Gasteiger partial charge in [-0.1, -0.05) is 0 Å². The highest BCUT2D eigenvalue weighted by atomic mass is 32.1. The van der Waals surface area contributed by atoms with E-state index < -0.39 is 5.97 Å². The van der Waals surface area contributed by atoms with Crippen LogP contribution in [-0.4, -0.2) is 32.7 Å². The number of nitrogens with zero attached hydrogens (tertiary/aromatic N) is 3. The van der Waals surface area contributed by atoms with Crippen LogP contribution in [0.1, 0.15) is 17.5 Å². The van der Waals surface area contributed by atoms with E-state index in [0.29, 0.717) is 18.1 Å². The highest BCUT2D eigenvalue weighted by Crippen LogP contribution is 2.13. The summed E-state index contributed by atoms with van der Waals surface area (Å²) >= 11 is 1.44. The quantitative estimate of drug-likeness (QED) is 0.790. The lowest BCUT2D eigenvalue weighted by Gasteiger charge is -1.94. The molecule has 0 atom stereocenters. The molecule has 0 aliphatic rings. The molecule has 0 aliphatic heterocycles. The van der Waals surface area contributed by atoms with E-state index >= 15 is 0 Å². The first-order valence-electron chi connectivity index (χ1n) is 4.29. The van der Waals surface area contributed by atoms with Gasteiger partial charge in [-0.3, -0.25) is 5.10 Å². The van der Waals surface area contributed by atoms with Gasteiger partial charge in [0.05, 0.1) is 12.1 Å². The molecular weight excluding hydrogens is 216 g/mol. The molecule has 0 aliphatic carbocycles. The first-order valence-corrected chi connectivity index (χ1v) is 5.23. The number of aromatic amines is 1. The second kappa shape index (κ2) is 4.18. The number of carbonyl (C=O) groups is 1. The smallest absolute Gasteiger partial charge is 0.375 e. The summed E-state index contributed by atoms with van der Waals surface area (Å²) in [4.78, 5) is 19.3. The SMILES string of the molecule is CCOC(=O)c1nc(-c2cscn2)n[nH]1. The molecule has 7 heteroatoms. The van der Waals surface area contributed by atoms with E-state index in [1.165, 1.54) is 11.3 Å². The van der Waals surface area contributed by atoms with E-state index in [9.17, 15) is 4.79 Å². The highest BCUT2D eigenvalue weighted by Gasteiger charge is 2.14. The van der Waals surface area contributed by atoms with Crippen molar-refractivity contribution in [3.63, 3.8) is 0 Å². The Morgan fingerprint density at radius 2 is 2.53 bits per heavy atom. The van der Waals surface area contributed by atoms with Crippen molar-refractivity contribution in [3.05, 3.63) is 16.7 Å². The number of thiazole rings is 1. The first-order chi connectivity index (χ1) is 7.31. The van der Waals surface area contributed by atoms with E-state index in [-0.39, 0.29) is 5.82 Å². The third-order valence-corrected chi connectivity index (χ3v) is 2.20. The third-order valence-electron chi connectivity index (χ3n) is 1.62. The average molecular weight is 224 g/mol. The second-order valence-corrected chi connectivity index (χ2v) is 3.32. The van der Waals surface area contributed by atoms with Crippen molar-refractivity contribution < 1.29 is 9.53 Å². The van der Waals surface area contributed by atoms with Crippen molar-refractivity contribution in [2.24, 2.45) is 0 Å². The highest BCUT2D eigenvalue weighted by molar-refractivity contribution is 7.07. The fourth-order valence-electron chi connectivity index (χ4n) is 0.990. The van der Waals surface area contributed by atoms with Crippen molar-refractivity contribution in [2.75, 3.05) is 6.61 Å². The lowest BCUT2D eigenvalue weighted by Crippen LogP contribution is -2.06. The summed E-state index contributed by atoms with van der Waals surface area (Å²) in [6, 6.07) is 0. The molecule has 2 aromatic rings. The van der Waals surface area contributed by atoms with Crippen molar-refractivity contribution in [1.29, 1.82) is 0 Å². The molecular formula is C8H8N4O2S. The molecule has 0 fully saturated rings. The predicted octanol–water partition coefficient (Wildman–Crippen LogP) is 1.10. The molecule has 2 aromatic heterocycles. The predicted molar refractivity (Wildman–Crippen MR) is 53.4 cm³/mol. The summed E-state index contributed by atoms with van der Waals surface area (Å²) in [5.41, 5.74) is 2.32. The lowest BCUT2D eigenvalue weighted by molar-refractivity contribution is 0.0512. The minimum Gasteiger partial charge on any atom is -0.460 e. The third kappa shape index (κ3) is 2.01. The van der Waals surface area contributed by atoms with Gasteiger partial charge in [-0.05, 0) is 6.92 Å². The van der Waals surface area contributed by atoms with Gasteiger partial charge >= 0.3 is 5.97 Å². The monoisotopic (exact) mass is 224 g/mol. The molecule has 1 N–H and O–H groups in total. The van der Waals surface area contributed by atoms with E-state index in [2.05, 4.69) is 20.2 Å². The molecule has 0 spiro atoms. The molecule has 15 heavy (non-hydrogen) atoms. The van der Waals surface area contributed by atoms with Gasteiger partial charge < -0.3 is 4.74 Å². The normalized spacial score (nSPS) is 10.2. The van der Waals surface area contributed by atoms with Crippen LogP contribution in [0.3, 0.4) is 0 Å². The lowest BCUT2D eigenvalue weighted by atomic mass is 10.5. The first kappa shape index (κ1) is 9.78. The van der Waals surface area contributed by atoms with Crippen LogP contribution in [-0.2, 0) is 4.74 Å². The van der Waals surface area contributed by atoms with E-state index in [0.717, 1.165) is 0 Å². The van der Waals surface area contributed by atoms with Crippen molar-refractivity contribution in [3.8, 4) is 11.5 Å². The largest absolute Gasteiger partial charge is 0.460 e. The summed E-state index contributed by atoms with van der Waals surface area (Å²) in [6.07, 6.45) is 0. The molecule has 2 heterocycles. The zero-order chi connectivity index (χ0) is 10.7. The summed E-state index contributed by atoms with van der Waals surface area (Å²) in [5.74, 6) is -0.00867. The van der Waals surface area contributed by atoms with Crippen LogP contribution in [0.5, 0.6) is 0 Å². The van der Waals surface area contributed by atoms with Crippen LogP contribution < -0.4 is 0 Å². The maximum Gasteiger partial charge on any atom is 0.375 e. The molecule has 78 valence electrons. The summed E-state index contributed by atoms with van der Waals surface area (Å²) in [5, 5.41) is 8.18. The van der Waals surface area contributed by atoms with Gasteiger partial charge in [0, 0.05) is 5.38 Å². The van der Waals surface area contributed by atoms with Crippen LogP contribution >= 0.6 is 11.3 Å². The molecule has 0 amide bonds. The number of hydrogen-bond donors (Lipinski definition) is 1. The van der Waals surface area contributed by atoms with Crippen molar-refractivity contribution in [1.82, 2.24) is 20.2 Å². The van der Waals surface area contributed by atoms with Gasteiger partial charge in [0.15, 0.2) is 0 Å². The Morgan fingerprint density at radius 3 is 3.20 bits per heavy atom. The van der Waals surface area contributed by atoms with Crippen LogP contribution in [0, 0.1) is 0 Å². The fraction of sp³-hybridized carbons (Fsp3) is 0.250. The molecule has 0 bridgehead atoms. The summed E-state index contributed by atoms with van der Waals surface area (Å²) in [6.45, 7) is 2.04. The topological polar surface area (TPSA) is 80.8 Å². The van der Waals surface area contributed by atoms with E-state index in [1.807, 2.05) is 0 Å². The Labute approximate surface area is 89.3 Å². The Bertz CT molecular complexity index is 451. The number of aromatic nitrogens is 4. The average Bonchev–Trinajstić information content (AvgIpc) is 2.89. The van der Waals surface area contributed by atoms with Crippen molar-refractivity contribution in [2.45, 2.75) is 6.92 Å². The summed E-state index contributed by atoms with van der Waals surface area (Å²) in [7, 11) is 0. The molecule has 0 saturated heterocycles. The van der Waals surface area contributed by atoms with Crippen LogP contribution in [0.2, 0.25) is 0 Å². The molecule has 2 rings (SSSR count). The Morgan fingerprint density at radius 1 is 1.67 bits per heavy atom. The van der Waals surface area contributed by atoms with Crippen LogP contribution in [0.4, 0.5) is 0 Å². The van der Waals surface area contributed by atoms with E-state index in [1.54, 1.807) is 17.8 Å². The standard InChI is InChI=1S/C8H8N4O2S/c1-2-14-8(13)7-10-6(11-12-7)5-3-15-4-9-5/h3-4H,2H2,1H3,(H,10,11,12). The molecule has 0 radical (unpaired) electrons. The number of carbonyl (C=O) groups excluding carboxylic acids is 1. The van der Waals surface area contributed by atoms with Gasteiger partial charge in [0.25, 0.3) is 0 Å². The molecule has 0 saturated carbocycles. The van der Waals surface area contributed by atoms with Gasteiger partial charge in [0.2, 0.25) is 11.6 Å². The number of hydrogen-bond acceptors (Lipinski definition) is 6. The number of ether oxygens (including phenoxy) is 1. The van der Waals surface area contributed by atoms with Gasteiger partial charge in [-0.15, -0.1) is 11.3 Å². The van der Waals surface area contributed by atoms with Gasteiger partial charge in [-0.25, -0.2) is 9.78 Å². The maximum absolute atomic E-state index is 11.3. The maximum atomic E-state index is 11.3. The van der Waals surface area contributed by atoms with Gasteiger partial charge in [-0.2, -0.15) is 10.1 Å². The van der Waals surface area contributed by atoms with E-state index in [4.69, 9.17) is 4.74 Å². The Kier molecular flexibility index (Phi) is 2.72. The molecule has 0 unspecified atom stereocenters. The van der Waals surface area contributed by atoms with Crippen molar-refractivity contribution >= 4 is 17.3 Å². The Balaban J connectivity index is 2.21. The number of esters is 1. The van der Waals surface area contributed by atoms with Crippen LogP contribution in [0.15, 0.2) is 10.9 Å². The fourth-order valence-corrected chi connectivity index (χ4v) is 1.52. The number of H-pyrrole nitrogens is 1. The zero-order valence-corrected chi connectivity index (χ0v) is 8.74. The zero-order valence-electron chi connectivity index (χ0n) is 7.93. The Hall–Kier alpha value is -1.76. The molecule has 6 nitrogen and oxygen atoms in total. The minimum atomic E-state index is -0.508. The minimum absolute atomic E-state index is 0.0971. The summed E-state index contributed by atoms with van der Waals surface area (Å²) < 4.78 is 4.77.